The van der Waals surface area contributed by atoms with Gasteiger partial charge in [-0.3, -0.25) is 0 Å². The van der Waals surface area contributed by atoms with Gasteiger partial charge in [0.05, 0.1) is 21.3 Å². The molecule has 0 heterocycles. The lowest BCUT2D eigenvalue weighted by Gasteiger charge is -2.31. The molecule has 1 aromatic rings. The van der Waals surface area contributed by atoms with Gasteiger partial charge in [0.15, 0.2) is 11.5 Å². The van der Waals surface area contributed by atoms with E-state index in [4.69, 9.17) is 18.9 Å². The Balaban J connectivity index is 2.21. The Hall–Kier alpha value is -1.91. The van der Waals surface area contributed by atoms with Crippen molar-refractivity contribution in [3.05, 3.63) is 17.7 Å². The Morgan fingerprint density at radius 3 is 1.91 bits per heavy atom. The first kappa shape index (κ1) is 17.4. The number of esters is 1. The lowest BCUT2D eigenvalue weighted by atomic mass is 9.82. The van der Waals surface area contributed by atoms with Gasteiger partial charge in [0.25, 0.3) is 0 Å². The molecule has 2 rings (SSSR count). The van der Waals surface area contributed by atoms with Crippen LogP contribution in [0.1, 0.15) is 43.5 Å². The van der Waals surface area contributed by atoms with Gasteiger partial charge in [-0.25, -0.2) is 4.79 Å². The third-order valence-corrected chi connectivity index (χ3v) is 4.33. The lowest BCUT2D eigenvalue weighted by Crippen LogP contribution is -2.28. The van der Waals surface area contributed by atoms with Crippen LogP contribution in [-0.4, -0.2) is 33.4 Å². The van der Waals surface area contributed by atoms with Crippen LogP contribution in [0.4, 0.5) is 0 Å². The Kier molecular flexibility index (Phi) is 5.74. The van der Waals surface area contributed by atoms with Gasteiger partial charge in [-0.15, -0.1) is 0 Å². The monoisotopic (exact) mass is 322 g/mol. The van der Waals surface area contributed by atoms with Crippen LogP contribution < -0.4 is 14.2 Å². The van der Waals surface area contributed by atoms with Crippen LogP contribution in [0.5, 0.6) is 17.2 Å². The minimum atomic E-state index is -0.380. The summed E-state index contributed by atoms with van der Waals surface area (Å²) in [6.07, 6.45) is 2.96. The second-order valence-corrected chi connectivity index (χ2v) is 6.35. The van der Waals surface area contributed by atoms with Crippen LogP contribution in [0.15, 0.2) is 12.1 Å². The largest absolute Gasteiger partial charge is 0.496 e. The van der Waals surface area contributed by atoms with E-state index in [9.17, 15) is 4.79 Å². The van der Waals surface area contributed by atoms with Crippen molar-refractivity contribution >= 4 is 5.97 Å². The summed E-state index contributed by atoms with van der Waals surface area (Å²) in [5, 5.41) is 0. The SMILES string of the molecule is COc1cc(OC)c(C(=O)OC2C[C@@H](C)C[C@@H](C)C2)cc1OC. The molecule has 1 aromatic carbocycles. The summed E-state index contributed by atoms with van der Waals surface area (Å²) in [6.45, 7) is 4.40. The van der Waals surface area contributed by atoms with E-state index >= 15 is 0 Å². The maximum Gasteiger partial charge on any atom is 0.342 e. The fraction of sp³-hybridized carbons (Fsp3) is 0.611. The molecule has 0 amide bonds. The summed E-state index contributed by atoms with van der Waals surface area (Å²) in [7, 11) is 4.59. The van der Waals surface area contributed by atoms with Crippen LogP contribution in [-0.2, 0) is 4.74 Å². The maximum absolute atomic E-state index is 12.6. The van der Waals surface area contributed by atoms with Gasteiger partial charge < -0.3 is 18.9 Å². The molecule has 5 nitrogen and oxygen atoms in total. The van der Waals surface area contributed by atoms with Gasteiger partial charge in [0.2, 0.25) is 0 Å². The van der Waals surface area contributed by atoms with E-state index in [2.05, 4.69) is 13.8 Å². The zero-order chi connectivity index (χ0) is 17.0. The first-order valence-corrected chi connectivity index (χ1v) is 7.99. The van der Waals surface area contributed by atoms with E-state index in [1.807, 2.05) is 0 Å². The number of hydrogen-bond acceptors (Lipinski definition) is 5. The van der Waals surface area contributed by atoms with Crippen LogP contribution in [0.25, 0.3) is 0 Å². The van der Waals surface area contributed by atoms with Crippen LogP contribution in [0.2, 0.25) is 0 Å². The molecule has 0 aromatic heterocycles. The van der Waals surface area contributed by atoms with E-state index in [-0.39, 0.29) is 12.1 Å². The Bertz CT molecular complexity index is 545. The fourth-order valence-corrected chi connectivity index (χ4v) is 3.37. The maximum atomic E-state index is 12.6. The van der Waals surface area contributed by atoms with E-state index in [0.717, 1.165) is 12.8 Å². The summed E-state index contributed by atoms with van der Waals surface area (Å²) >= 11 is 0. The molecule has 5 heteroatoms. The number of methoxy groups -OCH3 is 3. The Labute approximate surface area is 137 Å². The van der Waals surface area contributed by atoms with Gasteiger partial charge in [0, 0.05) is 12.1 Å². The molecule has 1 aliphatic rings. The second-order valence-electron chi connectivity index (χ2n) is 6.35. The van der Waals surface area contributed by atoms with Crippen molar-refractivity contribution in [2.75, 3.05) is 21.3 Å². The number of carbonyl (C=O) groups excluding carboxylic acids is 1. The van der Waals surface area contributed by atoms with Gasteiger partial charge in [-0.05, 0) is 31.1 Å². The van der Waals surface area contributed by atoms with E-state index in [1.54, 1.807) is 19.2 Å². The van der Waals surface area contributed by atoms with Gasteiger partial charge in [-0.2, -0.15) is 0 Å². The van der Waals surface area contributed by atoms with Crippen molar-refractivity contribution in [3.8, 4) is 17.2 Å². The van der Waals surface area contributed by atoms with Crippen molar-refractivity contribution < 1.29 is 23.7 Å². The highest BCUT2D eigenvalue weighted by Crippen LogP contribution is 2.36. The molecule has 1 fully saturated rings. The first-order chi connectivity index (χ1) is 11.0. The van der Waals surface area contributed by atoms with Crippen molar-refractivity contribution in [3.63, 3.8) is 0 Å². The van der Waals surface area contributed by atoms with E-state index < -0.39 is 0 Å². The molecule has 0 aliphatic heterocycles. The van der Waals surface area contributed by atoms with Gasteiger partial charge >= 0.3 is 5.97 Å². The molecular weight excluding hydrogens is 296 g/mol. The van der Waals surface area contributed by atoms with E-state index in [1.165, 1.54) is 20.6 Å². The third-order valence-electron chi connectivity index (χ3n) is 4.33. The average molecular weight is 322 g/mol. The highest BCUT2D eigenvalue weighted by molar-refractivity contribution is 5.93. The summed E-state index contributed by atoms with van der Waals surface area (Å²) in [4.78, 5) is 12.6. The summed E-state index contributed by atoms with van der Waals surface area (Å²) in [5.74, 6) is 2.18. The number of ether oxygens (including phenoxy) is 4. The van der Waals surface area contributed by atoms with Crippen LogP contribution in [0, 0.1) is 11.8 Å². The molecule has 1 unspecified atom stereocenters. The van der Waals surface area contributed by atoms with Crippen LogP contribution in [0.3, 0.4) is 0 Å². The summed E-state index contributed by atoms with van der Waals surface area (Å²) < 4.78 is 21.5. The minimum Gasteiger partial charge on any atom is -0.496 e. The lowest BCUT2D eigenvalue weighted by molar-refractivity contribution is 0.00774. The molecule has 0 bridgehead atoms. The topological polar surface area (TPSA) is 54.0 Å². The second kappa shape index (κ2) is 7.57. The summed E-state index contributed by atoms with van der Waals surface area (Å²) in [5.41, 5.74) is 0.357. The first-order valence-electron chi connectivity index (χ1n) is 7.99. The molecule has 0 spiro atoms. The fourth-order valence-electron chi connectivity index (χ4n) is 3.37. The highest BCUT2D eigenvalue weighted by Gasteiger charge is 2.28. The number of carbonyl (C=O) groups is 1. The standard InChI is InChI=1S/C18H26O5/c1-11-6-12(2)8-13(7-11)23-18(19)14-9-16(21-4)17(22-5)10-15(14)20-3/h9-13H,6-8H2,1-5H3/t11-,12+,13?. The Morgan fingerprint density at radius 2 is 1.39 bits per heavy atom. The van der Waals surface area contributed by atoms with Crippen molar-refractivity contribution in [2.45, 2.75) is 39.2 Å². The highest BCUT2D eigenvalue weighted by atomic mass is 16.5. The molecular formula is C18H26O5. The molecule has 0 saturated heterocycles. The van der Waals surface area contributed by atoms with Crippen molar-refractivity contribution in [2.24, 2.45) is 11.8 Å². The third kappa shape index (κ3) is 4.09. The van der Waals surface area contributed by atoms with Crippen molar-refractivity contribution in [1.29, 1.82) is 0 Å². The minimum absolute atomic E-state index is 0.0425. The molecule has 0 radical (unpaired) electrons. The molecule has 128 valence electrons. The normalized spacial score (nSPS) is 24.0. The summed E-state index contributed by atoms with van der Waals surface area (Å²) in [6, 6.07) is 3.25. The van der Waals surface area contributed by atoms with E-state index in [0.29, 0.717) is 34.6 Å². The van der Waals surface area contributed by atoms with Gasteiger partial charge in [-0.1, -0.05) is 13.8 Å². The quantitative estimate of drug-likeness (QED) is 0.774. The molecule has 0 N–H and O–H groups in total. The van der Waals surface area contributed by atoms with Gasteiger partial charge in [0.1, 0.15) is 17.4 Å². The Morgan fingerprint density at radius 1 is 0.870 bits per heavy atom. The van der Waals surface area contributed by atoms with Crippen molar-refractivity contribution in [1.82, 2.24) is 0 Å². The number of hydrogen-bond donors (Lipinski definition) is 0. The van der Waals surface area contributed by atoms with Crippen LogP contribution >= 0.6 is 0 Å². The number of benzene rings is 1. The average Bonchev–Trinajstić information content (AvgIpc) is 2.52. The molecule has 1 aliphatic carbocycles. The predicted molar refractivity (Wildman–Crippen MR) is 87.5 cm³/mol. The molecule has 3 atom stereocenters. The number of rotatable bonds is 5. The molecule has 23 heavy (non-hydrogen) atoms. The zero-order valence-corrected chi connectivity index (χ0v) is 14.5. The molecule has 1 saturated carbocycles. The zero-order valence-electron chi connectivity index (χ0n) is 14.5. The predicted octanol–water partition coefficient (Wildman–Crippen LogP) is 3.69. The smallest absolute Gasteiger partial charge is 0.342 e.